The molecule has 0 unspecified atom stereocenters. The Bertz CT molecular complexity index is 314. The summed E-state index contributed by atoms with van der Waals surface area (Å²) in [6, 6.07) is 0.215. The van der Waals surface area contributed by atoms with Crippen molar-refractivity contribution in [3.63, 3.8) is 0 Å². The van der Waals surface area contributed by atoms with Crippen LogP contribution in [0.2, 0.25) is 0 Å². The molecule has 0 fully saturated rings. The number of aromatic nitrogens is 2. The molecule has 0 aliphatic heterocycles. The fraction of sp³-hybridized carbons (Fsp3) is 0.167. The van der Waals surface area contributed by atoms with Gasteiger partial charge in [0.1, 0.15) is 5.62 Å². The number of nitrogens with one attached hydrogen (secondary N) is 1. The largest absolute Gasteiger partial charge is 0.650 e. The molecule has 0 saturated heterocycles. The Labute approximate surface area is 99.1 Å². The monoisotopic (exact) mass is 427 g/mol. The third-order valence-corrected chi connectivity index (χ3v) is 0.988. The van der Waals surface area contributed by atoms with E-state index in [-0.39, 0.29) is 45.9 Å². The van der Waals surface area contributed by atoms with E-state index in [1.165, 1.54) is 6.20 Å². The smallest absolute Gasteiger partial charge is 0.135 e. The molecule has 1 N–H and O–H groups in total. The number of aromatic amines is 1. The summed E-state index contributed by atoms with van der Waals surface area (Å²) in [6.07, 6.45) is 1.38. The van der Waals surface area contributed by atoms with Gasteiger partial charge in [-0.15, -0.1) is 0 Å². The van der Waals surface area contributed by atoms with Crippen LogP contribution in [-0.2, 0) is 39.9 Å². The summed E-state index contributed by atoms with van der Waals surface area (Å²) in [5.74, 6) is 0.389. The molecule has 1 heterocycles. The van der Waals surface area contributed by atoms with Gasteiger partial charge in [0.15, 0.2) is 0 Å². The van der Waals surface area contributed by atoms with Crippen molar-refractivity contribution in [1.82, 2.24) is 9.97 Å². The molecule has 0 saturated carbocycles. The van der Waals surface area contributed by atoms with E-state index in [4.69, 9.17) is 1.37 Å². The second-order valence-corrected chi connectivity index (χ2v) is 1.58. The van der Waals surface area contributed by atoms with E-state index >= 15 is 0 Å². The van der Waals surface area contributed by atoms with Crippen molar-refractivity contribution in [3.05, 3.63) is 30.2 Å². The molecule has 1 aromatic heterocycles. The summed E-state index contributed by atoms with van der Waals surface area (Å²) >= 11 is 0. The molecule has 70 valence electrons. The molecule has 0 spiro atoms. The standard InChI is InChI=1S/C6H8N4.Re.Rh/c1-7-5-3-4-9-6(8-2)10-5;;/h3-4H,1H2,2H3,(H-,7,8,9,10);;/q-2;;/i3D;;. The van der Waals surface area contributed by atoms with Crippen molar-refractivity contribution in [1.29, 1.82) is 0 Å². The molecule has 12 heavy (non-hydrogen) atoms. The quantitative estimate of drug-likeness (QED) is 0.523. The van der Waals surface area contributed by atoms with Crippen LogP contribution in [0.5, 0.6) is 0 Å². The molecule has 0 aromatic carbocycles. The fourth-order valence-electron chi connectivity index (χ4n) is 0.528. The van der Waals surface area contributed by atoms with Crippen LogP contribution in [0.3, 0.4) is 0 Å². The molecule has 0 aliphatic rings. The van der Waals surface area contributed by atoms with Gasteiger partial charge in [0.25, 0.3) is 0 Å². The molecule has 0 bridgehead atoms. The van der Waals surface area contributed by atoms with Gasteiger partial charge in [-0.05, 0) is 6.04 Å². The van der Waals surface area contributed by atoms with Crippen molar-refractivity contribution in [3.8, 4) is 0 Å². The molecule has 2 radical (unpaired) electrons. The molecular formula is C6H8N4ReRh-2. The predicted octanol–water partition coefficient (Wildman–Crippen LogP) is 0.732. The third-order valence-electron chi connectivity index (χ3n) is 0.988. The van der Waals surface area contributed by atoms with Gasteiger partial charge in [-0.1, -0.05) is 5.82 Å². The van der Waals surface area contributed by atoms with Crippen molar-refractivity contribution < 1.29 is 41.3 Å². The molecule has 6 heteroatoms. The summed E-state index contributed by atoms with van der Waals surface area (Å²) in [6.45, 7) is 0. The Balaban J connectivity index is 0. The van der Waals surface area contributed by atoms with Crippen LogP contribution < -0.4 is 5.62 Å². The van der Waals surface area contributed by atoms with Crippen LogP contribution in [0.25, 0.3) is 5.32 Å². The van der Waals surface area contributed by atoms with E-state index in [1.807, 2.05) is 0 Å². The van der Waals surface area contributed by atoms with Gasteiger partial charge in [0, 0.05) is 53.1 Å². The van der Waals surface area contributed by atoms with Gasteiger partial charge in [-0.3, -0.25) is 4.99 Å². The molecule has 0 aliphatic carbocycles. The Morgan fingerprint density at radius 2 is 2.50 bits per heavy atom. The normalized spacial score (nSPS) is 10.8. The maximum Gasteiger partial charge on any atom is 0.135 e. The first-order chi connectivity index (χ1) is 5.27. The summed E-state index contributed by atoms with van der Waals surface area (Å²) in [5, 5.41) is 3.59. The number of rotatable bonds is 1. The number of hydrogen-bond donors (Lipinski definition) is 1. The van der Waals surface area contributed by atoms with E-state index < -0.39 is 0 Å². The van der Waals surface area contributed by atoms with Crippen molar-refractivity contribution in [2.24, 2.45) is 4.99 Å². The first-order valence-electron chi connectivity index (χ1n) is 3.23. The third kappa shape index (κ3) is 4.11. The summed E-state index contributed by atoms with van der Waals surface area (Å²) in [4.78, 5) is 10.3. The van der Waals surface area contributed by atoms with Crippen LogP contribution in [0.4, 0.5) is 5.82 Å². The number of hydrogen-bond acceptors (Lipinski definition) is 2. The van der Waals surface area contributed by atoms with Gasteiger partial charge in [-0.25, -0.2) is 4.98 Å². The van der Waals surface area contributed by atoms with Gasteiger partial charge in [0.05, 0.1) is 1.37 Å². The van der Waals surface area contributed by atoms with Gasteiger partial charge < -0.3 is 17.3 Å². The minimum Gasteiger partial charge on any atom is -0.650 e. The zero-order valence-electron chi connectivity index (χ0n) is 7.34. The second-order valence-electron chi connectivity index (χ2n) is 1.58. The van der Waals surface area contributed by atoms with Crippen LogP contribution in [0.15, 0.2) is 17.2 Å². The topological polar surface area (TPSA) is 55.1 Å². The van der Waals surface area contributed by atoms with E-state index in [9.17, 15) is 0 Å². The first kappa shape index (κ1) is 12.0. The maximum atomic E-state index is 7.27. The average Bonchev–Trinajstić information content (AvgIpc) is 2.05. The second kappa shape index (κ2) is 7.61. The molecule has 1 rings (SSSR count). The van der Waals surface area contributed by atoms with Crippen LogP contribution in [-0.4, -0.2) is 17.0 Å². The average molecular weight is 426 g/mol. The maximum absolute atomic E-state index is 7.27. The molecule has 0 atom stereocenters. The van der Waals surface area contributed by atoms with Gasteiger partial charge in [-0.2, -0.15) is 0 Å². The minimum absolute atomic E-state index is 0. The predicted molar refractivity (Wildman–Crippen MR) is 38.5 cm³/mol. The van der Waals surface area contributed by atoms with Crippen LogP contribution in [0, 0.1) is 7.05 Å². The van der Waals surface area contributed by atoms with E-state index in [0.717, 1.165) is 0 Å². The molecule has 1 aromatic rings. The zero-order chi connectivity index (χ0) is 8.27. The number of H-pyrrole nitrogens is 1. The number of nitrogens with zero attached hydrogens (tertiary/aromatic N) is 3. The fourth-order valence-corrected chi connectivity index (χ4v) is 0.528. The first-order valence-corrected chi connectivity index (χ1v) is 2.73. The van der Waals surface area contributed by atoms with E-state index in [0.29, 0.717) is 11.4 Å². The SMILES string of the molecule is [2H]c1cnc(=NC)[nH]c1[N-][CH2-].[Re].[Rh]. The van der Waals surface area contributed by atoms with Crippen molar-refractivity contribution in [2.75, 3.05) is 7.05 Å². The molecule has 0 amide bonds. The van der Waals surface area contributed by atoms with E-state index in [2.05, 4.69) is 27.3 Å². The molecule has 4 nitrogen and oxygen atoms in total. The van der Waals surface area contributed by atoms with Crippen molar-refractivity contribution in [2.45, 2.75) is 0 Å². The Morgan fingerprint density at radius 1 is 1.83 bits per heavy atom. The van der Waals surface area contributed by atoms with Gasteiger partial charge in [0.2, 0.25) is 0 Å². The summed E-state index contributed by atoms with van der Waals surface area (Å²) in [7, 11) is 4.90. The Kier molecular flexibility index (Phi) is 7.58. The Hall–Kier alpha value is -0.0343. The van der Waals surface area contributed by atoms with Crippen molar-refractivity contribution >= 4 is 5.82 Å². The van der Waals surface area contributed by atoms with E-state index in [1.54, 1.807) is 7.05 Å². The van der Waals surface area contributed by atoms with Crippen LogP contribution in [0.1, 0.15) is 1.37 Å². The summed E-state index contributed by atoms with van der Waals surface area (Å²) < 4.78 is 7.27. The van der Waals surface area contributed by atoms with Gasteiger partial charge >= 0.3 is 0 Å². The minimum atomic E-state index is 0. The summed E-state index contributed by atoms with van der Waals surface area (Å²) in [5.41, 5.74) is 0.448. The molecular weight excluding hydrogens is 417 g/mol. The van der Waals surface area contributed by atoms with Crippen LogP contribution >= 0.6 is 0 Å². The zero-order valence-corrected chi connectivity index (χ0v) is 10.7. The Morgan fingerprint density at radius 3 is 3.00 bits per heavy atom.